The van der Waals surface area contributed by atoms with Crippen LogP contribution in [0, 0.1) is 0 Å². The van der Waals surface area contributed by atoms with Crippen molar-refractivity contribution < 1.29 is 4.79 Å². The molecule has 5 heteroatoms. The van der Waals surface area contributed by atoms with Gasteiger partial charge in [-0.1, -0.05) is 41.7 Å². The highest BCUT2D eigenvalue weighted by atomic mass is 32.1. The molecular weight excluding hydrogens is 234 g/mol. The highest BCUT2D eigenvalue weighted by molar-refractivity contribution is 7.17. The topological polar surface area (TPSA) is 54.0 Å². The van der Waals surface area contributed by atoms with Gasteiger partial charge in [-0.05, 0) is 5.56 Å². The number of Topliss-reactive ketones (excluding diaryl/α,β-unsaturated/α-hetero) is 1. The molecule has 0 unspecified atom stereocenters. The van der Waals surface area contributed by atoms with Gasteiger partial charge in [0.05, 0.1) is 11.1 Å². The summed E-state index contributed by atoms with van der Waals surface area (Å²) in [5.74, 6) is 0.0404. The van der Waals surface area contributed by atoms with Gasteiger partial charge in [0.15, 0.2) is 10.9 Å². The normalized spacial score (nSPS) is 10.2. The molecule has 0 bridgehead atoms. The van der Waals surface area contributed by atoms with Gasteiger partial charge in [-0.25, -0.2) is 10.4 Å². The highest BCUT2D eigenvalue weighted by Crippen LogP contribution is 2.17. The van der Waals surface area contributed by atoms with Crippen molar-refractivity contribution in [3.8, 4) is 0 Å². The largest absolute Gasteiger partial charge is 0.297 e. The molecule has 0 saturated heterocycles. The quantitative estimate of drug-likeness (QED) is 0.629. The van der Waals surface area contributed by atoms with Crippen molar-refractivity contribution in [3.05, 3.63) is 47.0 Å². The van der Waals surface area contributed by atoms with Gasteiger partial charge in [-0.3, -0.25) is 10.2 Å². The average molecular weight is 247 g/mol. The van der Waals surface area contributed by atoms with Gasteiger partial charge in [0, 0.05) is 13.5 Å². The molecule has 0 saturated carbocycles. The van der Waals surface area contributed by atoms with Gasteiger partial charge in [0.2, 0.25) is 0 Å². The molecule has 17 heavy (non-hydrogen) atoms. The molecule has 1 aromatic heterocycles. The molecular formula is C12H13N3OS. The van der Waals surface area contributed by atoms with Crippen LogP contribution in [0.2, 0.25) is 0 Å². The van der Waals surface area contributed by atoms with Gasteiger partial charge in [-0.2, -0.15) is 0 Å². The van der Waals surface area contributed by atoms with E-state index >= 15 is 0 Å². The van der Waals surface area contributed by atoms with Gasteiger partial charge < -0.3 is 0 Å². The lowest BCUT2D eigenvalue weighted by Crippen LogP contribution is -2.20. The summed E-state index contributed by atoms with van der Waals surface area (Å²) >= 11 is 1.34. The minimum Gasteiger partial charge on any atom is -0.297 e. The highest BCUT2D eigenvalue weighted by Gasteiger charge is 2.04. The first-order chi connectivity index (χ1) is 8.25. The van der Waals surface area contributed by atoms with E-state index in [4.69, 9.17) is 0 Å². The Kier molecular flexibility index (Phi) is 3.85. The lowest BCUT2D eigenvalue weighted by atomic mass is 10.2. The van der Waals surface area contributed by atoms with Crippen LogP contribution in [0.5, 0.6) is 0 Å². The van der Waals surface area contributed by atoms with Crippen molar-refractivity contribution in [1.29, 1.82) is 0 Å². The van der Waals surface area contributed by atoms with E-state index in [-0.39, 0.29) is 5.78 Å². The Bertz CT molecular complexity index is 495. The van der Waals surface area contributed by atoms with E-state index in [1.807, 2.05) is 30.3 Å². The van der Waals surface area contributed by atoms with E-state index in [1.165, 1.54) is 23.8 Å². The molecule has 0 aliphatic rings. The Morgan fingerprint density at radius 3 is 2.76 bits per heavy atom. The van der Waals surface area contributed by atoms with Gasteiger partial charge in [0.25, 0.3) is 0 Å². The summed E-state index contributed by atoms with van der Waals surface area (Å²) in [6.45, 7) is 2.24. The molecule has 0 aliphatic carbocycles. The molecule has 0 aliphatic heterocycles. The van der Waals surface area contributed by atoms with Crippen LogP contribution in [-0.2, 0) is 6.54 Å². The lowest BCUT2D eigenvalue weighted by Gasteiger charge is -2.04. The van der Waals surface area contributed by atoms with Crippen molar-refractivity contribution in [3.63, 3.8) is 0 Å². The van der Waals surface area contributed by atoms with Crippen molar-refractivity contribution >= 4 is 22.3 Å². The Labute approximate surface area is 104 Å². The second-order valence-electron chi connectivity index (χ2n) is 3.55. The zero-order valence-corrected chi connectivity index (χ0v) is 10.3. The van der Waals surface area contributed by atoms with E-state index in [1.54, 1.807) is 6.20 Å². The summed E-state index contributed by atoms with van der Waals surface area (Å²) in [7, 11) is 0. The molecule has 1 heterocycles. The predicted octanol–water partition coefficient (Wildman–Crippen LogP) is 2.46. The summed E-state index contributed by atoms with van der Waals surface area (Å²) in [6, 6.07) is 10.1. The maximum Gasteiger partial charge on any atom is 0.197 e. The van der Waals surface area contributed by atoms with Crippen LogP contribution in [0.25, 0.3) is 0 Å². The molecule has 0 amide bonds. The second-order valence-corrected chi connectivity index (χ2v) is 4.58. The maximum absolute atomic E-state index is 11.1. The third-order valence-corrected chi connectivity index (χ3v) is 3.20. The number of anilines is 1. The fourth-order valence-electron chi connectivity index (χ4n) is 1.31. The fraction of sp³-hybridized carbons (Fsp3) is 0.167. The summed E-state index contributed by atoms with van der Waals surface area (Å²) in [5, 5.41) is 0.700. The van der Waals surface area contributed by atoms with Crippen molar-refractivity contribution in [2.75, 3.05) is 5.43 Å². The Morgan fingerprint density at radius 1 is 1.35 bits per heavy atom. The SMILES string of the molecule is CC(=O)c1cnc(NNCc2ccccc2)s1. The summed E-state index contributed by atoms with van der Waals surface area (Å²) in [5.41, 5.74) is 7.21. The van der Waals surface area contributed by atoms with Crippen molar-refractivity contribution in [2.24, 2.45) is 0 Å². The maximum atomic E-state index is 11.1. The van der Waals surface area contributed by atoms with Crippen molar-refractivity contribution in [1.82, 2.24) is 10.4 Å². The fourth-order valence-corrected chi connectivity index (χ4v) is 2.00. The van der Waals surface area contributed by atoms with E-state index in [9.17, 15) is 4.79 Å². The number of hydrogen-bond donors (Lipinski definition) is 2. The van der Waals surface area contributed by atoms with Crippen LogP contribution in [-0.4, -0.2) is 10.8 Å². The molecule has 0 radical (unpaired) electrons. The zero-order valence-electron chi connectivity index (χ0n) is 9.43. The third kappa shape index (κ3) is 3.37. The second kappa shape index (κ2) is 5.56. The number of hydrazine groups is 1. The van der Waals surface area contributed by atoms with Gasteiger partial charge in [0.1, 0.15) is 0 Å². The lowest BCUT2D eigenvalue weighted by molar-refractivity contribution is 0.102. The minimum absolute atomic E-state index is 0.0404. The number of carbonyl (C=O) groups is 1. The summed E-state index contributed by atoms with van der Waals surface area (Å²) < 4.78 is 0. The van der Waals surface area contributed by atoms with Crippen LogP contribution < -0.4 is 10.9 Å². The number of rotatable bonds is 5. The Morgan fingerprint density at radius 2 is 2.12 bits per heavy atom. The zero-order chi connectivity index (χ0) is 12.1. The number of thiazole rings is 1. The Hall–Kier alpha value is -1.72. The Balaban J connectivity index is 1.84. The van der Waals surface area contributed by atoms with E-state index < -0.39 is 0 Å². The molecule has 1 aromatic carbocycles. The first-order valence-corrected chi connectivity index (χ1v) is 6.07. The van der Waals surface area contributed by atoms with Gasteiger partial charge >= 0.3 is 0 Å². The van der Waals surface area contributed by atoms with Crippen LogP contribution in [0.4, 0.5) is 5.13 Å². The van der Waals surface area contributed by atoms with Crippen LogP contribution >= 0.6 is 11.3 Å². The summed E-state index contributed by atoms with van der Waals surface area (Å²) in [4.78, 5) is 15.8. The standard InChI is InChI=1S/C12H13N3OS/c1-9(16)11-8-13-12(17-11)15-14-7-10-5-3-2-4-6-10/h2-6,8,14H,7H2,1H3,(H,13,15). The molecule has 88 valence electrons. The number of hydrogen-bond acceptors (Lipinski definition) is 5. The van der Waals surface area contributed by atoms with Crippen molar-refractivity contribution in [2.45, 2.75) is 13.5 Å². The molecule has 4 nitrogen and oxygen atoms in total. The molecule has 2 rings (SSSR count). The third-order valence-electron chi connectivity index (χ3n) is 2.18. The van der Waals surface area contributed by atoms with E-state index in [0.29, 0.717) is 16.6 Å². The molecule has 2 aromatic rings. The first-order valence-electron chi connectivity index (χ1n) is 5.25. The number of benzene rings is 1. The smallest absolute Gasteiger partial charge is 0.197 e. The monoisotopic (exact) mass is 247 g/mol. The van der Waals surface area contributed by atoms with Crippen LogP contribution in [0.3, 0.4) is 0 Å². The van der Waals surface area contributed by atoms with Crippen LogP contribution in [0.15, 0.2) is 36.5 Å². The molecule has 0 spiro atoms. The van der Waals surface area contributed by atoms with Gasteiger partial charge in [-0.15, -0.1) is 0 Å². The number of carbonyl (C=O) groups excluding carboxylic acids is 1. The number of aromatic nitrogens is 1. The molecule has 0 atom stereocenters. The van der Waals surface area contributed by atoms with E-state index in [0.717, 1.165) is 0 Å². The van der Waals surface area contributed by atoms with E-state index in [2.05, 4.69) is 15.8 Å². The predicted molar refractivity (Wildman–Crippen MR) is 69.0 cm³/mol. The number of ketones is 1. The summed E-state index contributed by atoms with van der Waals surface area (Å²) in [6.07, 6.45) is 1.58. The average Bonchev–Trinajstić information content (AvgIpc) is 2.79. The first kappa shape index (κ1) is 11.8. The minimum atomic E-state index is 0.0404. The van der Waals surface area contributed by atoms with Crippen LogP contribution in [0.1, 0.15) is 22.2 Å². The number of nitrogens with zero attached hydrogens (tertiary/aromatic N) is 1. The molecule has 0 fully saturated rings. The molecule has 2 N–H and O–H groups in total. The number of nitrogens with one attached hydrogen (secondary N) is 2.